The van der Waals surface area contributed by atoms with E-state index in [2.05, 4.69) is 0 Å². The highest BCUT2D eigenvalue weighted by atomic mass is 16.7. The number of carbonyl (C=O) groups excluding carboxylic acids is 6. The van der Waals surface area contributed by atoms with Crippen LogP contribution >= 0.6 is 0 Å². The Morgan fingerprint density at radius 3 is 1.80 bits per heavy atom. The number of carbonyl (C=O) groups is 6. The Balaban J connectivity index is 2.66. The van der Waals surface area contributed by atoms with E-state index in [0.717, 1.165) is 39.5 Å². The van der Waals surface area contributed by atoms with E-state index in [1.165, 1.54) is 12.1 Å². The summed E-state index contributed by atoms with van der Waals surface area (Å²) >= 11 is 0. The fourth-order valence-electron chi connectivity index (χ4n) is 3.63. The number of nitrogens with zero attached hydrogens (tertiary/aromatic N) is 1. The smallest absolute Gasteiger partial charge is 0.305 e. The molecule has 5 atom stereocenters. The van der Waals surface area contributed by atoms with Crippen LogP contribution in [0.2, 0.25) is 0 Å². The fourth-order valence-corrected chi connectivity index (χ4v) is 3.63. The molecule has 1 aliphatic rings. The lowest BCUT2D eigenvalue weighted by Gasteiger charge is -2.47. The Morgan fingerprint density at radius 2 is 1.31 bits per heavy atom. The van der Waals surface area contributed by atoms with Crippen LogP contribution in [0.5, 0.6) is 0 Å². The molecule has 0 spiro atoms. The van der Waals surface area contributed by atoms with Gasteiger partial charge in [-0.25, -0.2) is 0 Å². The second-order valence-corrected chi connectivity index (χ2v) is 7.65. The summed E-state index contributed by atoms with van der Waals surface area (Å²) in [7, 11) is 0. The summed E-state index contributed by atoms with van der Waals surface area (Å²) in [6.45, 7) is 4.97. The van der Waals surface area contributed by atoms with Crippen molar-refractivity contribution in [2.45, 2.75) is 65.3 Å². The Hall–Kier alpha value is -3.80. The molecule has 0 aromatic heterocycles. The normalized spacial score (nSPS) is 23.4. The average molecular weight is 493 g/mol. The molecule has 0 radical (unpaired) electrons. The molecule has 0 aliphatic carbocycles. The van der Waals surface area contributed by atoms with E-state index in [9.17, 15) is 28.8 Å². The van der Waals surface area contributed by atoms with Gasteiger partial charge in [-0.15, -0.1) is 0 Å². The van der Waals surface area contributed by atoms with Crippen LogP contribution in [0, 0.1) is 0 Å². The lowest BCUT2D eigenvalue weighted by Crippen LogP contribution is -2.68. The molecule has 190 valence electrons. The molecule has 1 aromatic carbocycles. The van der Waals surface area contributed by atoms with E-state index in [4.69, 9.17) is 23.7 Å². The second kappa shape index (κ2) is 12.1. The standard InChI is InChI=1S/C23H27NO11/c1-12(25)24(22(30)17-9-7-6-8-10-17)19-21(33-15(4)28)20(32-14(3)27)18(11-31-13(2)26)35-23(19)34-16(5)29/h6-10,18-21,23H,11H2,1-5H3. The van der Waals surface area contributed by atoms with Gasteiger partial charge in [-0.3, -0.25) is 33.7 Å². The maximum Gasteiger partial charge on any atom is 0.305 e. The van der Waals surface area contributed by atoms with Gasteiger partial charge in [0.2, 0.25) is 12.2 Å². The largest absolute Gasteiger partial charge is 0.463 e. The molecule has 2 amide bonds. The number of benzene rings is 1. The molecule has 1 fully saturated rings. The second-order valence-electron chi connectivity index (χ2n) is 7.65. The maximum absolute atomic E-state index is 13.4. The number of esters is 4. The van der Waals surface area contributed by atoms with Crippen molar-refractivity contribution in [3.63, 3.8) is 0 Å². The molecule has 35 heavy (non-hydrogen) atoms. The summed E-state index contributed by atoms with van der Waals surface area (Å²) in [6.07, 6.45) is -5.89. The van der Waals surface area contributed by atoms with Gasteiger partial charge in [-0.05, 0) is 12.1 Å². The van der Waals surface area contributed by atoms with Crippen LogP contribution in [0.15, 0.2) is 30.3 Å². The first kappa shape index (κ1) is 27.4. The Labute approximate surface area is 201 Å². The zero-order valence-corrected chi connectivity index (χ0v) is 19.9. The van der Waals surface area contributed by atoms with Gasteiger partial charge >= 0.3 is 23.9 Å². The van der Waals surface area contributed by atoms with Gasteiger partial charge in [0, 0.05) is 40.2 Å². The average Bonchev–Trinajstić information content (AvgIpc) is 2.75. The molecule has 0 bridgehead atoms. The molecule has 1 aromatic rings. The molecular weight excluding hydrogens is 466 g/mol. The van der Waals surface area contributed by atoms with Gasteiger partial charge in [0.25, 0.3) is 5.91 Å². The quantitative estimate of drug-likeness (QED) is 0.391. The topological polar surface area (TPSA) is 152 Å². The lowest BCUT2D eigenvalue weighted by atomic mass is 9.94. The van der Waals surface area contributed by atoms with Crippen molar-refractivity contribution in [2.24, 2.45) is 0 Å². The minimum absolute atomic E-state index is 0.108. The predicted octanol–water partition coefficient (Wildman–Crippen LogP) is 0.758. The third kappa shape index (κ3) is 7.34. The van der Waals surface area contributed by atoms with Crippen LogP contribution in [-0.4, -0.2) is 77.8 Å². The lowest BCUT2D eigenvalue weighted by molar-refractivity contribution is -0.280. The van der Waals surface area contributed by atoms with E-state index in [1.807, 2.05) is 0 Å². The molecule has 2 rings (SSSR count). The molecule has 0 N–H and O–H groups in total. The van der Waals surface area contributed by atoms with E-state index in [-0.39, 0.29) is 5.56 Å². The zero-order valence-electron chi connectivity index (χ0n) is 19.9. The number of hydrogen-bond donors (Lipinski definition) is 0. The zero-order chi connectivity index (χ0) is 26.3. The summed E-state index contributed by atoms with van der Waals surface area (Å²) in [5.74, 6) is -4.77. The number of hydrogen-bond acceptors (Lipinski definition) is 11. The first-order valence-corrected chi connectivity index (χ1v) is 10.6. The molecule has 12 nitrogen and oxygen atoms in total. The van der Waals surface area contributed by atoms with Crippen LogP contribution in [0.1, 0.15) is 45.0 Å². The van der Waals surface area contributed by atoms with Crippen LogP contribution in [0.3, 0.4) is 0 Å². The molecule has 1 aliphatic heterocycles. The molecule has 1 saturated heterocycles. The summed E-state index contributed by atoms with van der Waals surface area (Å²) in [4.78, 5) is 74.0. The number of ether oxygens (including phenoxy) is 5. The highest BCUT2D eigenvalue weighted by Crippen LogP contribution is 2.32. The third-order valence-corrected chi connectivity index (χ3v) is 4.83. The van der Waals surface area contributed by atoms with Gasteiger partial charge in [-0.2, -0.15) is 0 Å². The van der Waals surface area contributed by atoms with Gasteiger partial charge < -0.3 is 23.7 Å². The molecule has 5 unspecified atom stereocenters. The number of imide groups is 1. The van der Waals surface area contributed by atoms with Gasteiger partial charge in [0.1, 0.15) is 18.8 Å². The minimum atomic E-state index is -1.65. The molecule has 0 saturated carbocycles. The van der Waals surface area contributed by atoms with Crippen molar-refractivity contribution in [3.8, 4) is 0 Å². The summed E-state index contributed by atoms with van der Waals surface area (Å²) in [6, 6.07) is 6.18. The van der Waals surface area contributed by atoms with Crippen molar-refractivity contribution in [3.05, 3.63) is 35.9 Å². The van der Waals surface area contributed by atoms with Crippen molar-refractivity contribution in [2.75, 3.05) is 6.61 Å². The number of amides is 2. The SMILES string of the molecule is CC(=O)OCC1OC(OC(C)=O)C(N(C(C)=O)C(=O)c2ccccc2)C(OC(C)=O)C1OC(C)=O. The molecule has 12 heteroatoms. The first-order valence-electron chi connectivity index (χ1n) is 10.6. The van der Waals surface area contributed by atoms with Crippen LogP contribution in [-0.2, 0) is 47.7 Å². The molecule has 1 heterocycles. The van der Waals surface area contributed by atoms with Gasteiger partial charge in [-0.1, -0.05) is 18.2 Å². The third-order valence-electron chi connectivity index (χ3n) is 4.83. The Bertz CT molecular complexity index is 977. The Morgan fingerprint density at radius 1 is 0.771 bits per heavy atom. The van der Waals surface area contributed by atoms with Gasteiger partial charge in [0.15, 0.2) is 12.2 Å². The highest BCUT2D eigenvalue weighted by molar-refractivity contribution is 6.04. The van der Waals surface area contributed by atoms with E-state index < -0.39 is 72.9 Å². The highest BCUT2D eigenvalue weighted by Gasteiger charge is 2.55. The predicted molar refractivity (Wildman–Crippen MR) is 115 cm³/mol. The van der Waals surface area contributed by atoms with Crippen molar-refractivity contribution < 1.29 is 52.5 Å². The fraction of sp³-hybridized carbons (Fsp3) is 0.478. The van der Waals surface area contributed by atoms with Crippen LogP contribution in [0.4, 0.5) is 0 Å². The minimum Gasteiger partial charge on any atom is -0.463 e. The maximum atomic E-state index is 13.4. The van der Waals surface area contributed by atoms with Gasteiger partial charge in [0.05, 0.1) is 0 Å². The van der Waals surface area contributed by atoms with E-state index >= 15 is 0 Å². The summed E-state index contributed by atoms with van der Waals surface area (Å²) in [5, 5.41) is 0. The van der Waals surface area contributed by atoms with Crippen molar-refractivity contribution >= 4 is 35.7 Å². The Kier molecular flexibility index (Phi) is 9.46. The van der Waals surface area contributed by atoms with Crippen molar-refractivity contribution in [1.82, 2.24) is 4.90 Å². The van der Waals surface area contributed by atoms with Crippen LogP contribution in [0.25, 0.3) is 0 Å². The molecular formula is C23H27NO11. The van der Waals surface area contributed by atoms with Crippen LogP contribution < -0.4 is 0 Å². The van der Waals surface area contributed by atoms with Crippen molar-refractivity contribution in [1.29, 1.82) is 0 Å². The monoisotopic (exact) mass is 493 g/mol. The summed E-state index contributed by atoms with van der Waals surface area (Å²) < 4.78 is 26.7. The summed E-state index contributed by atoms with van der Waals surface area (Å²) in [5.41, 5.74) is 0.108. The van der Waals surface area contributed by atoms with E-state index in [1.54, 1.807) is 18.2 Å². The number of rotatable bonds is 7. The first-order chi connectivity index (χ1) is 16.4. The van der Waals surface area contributed by atoms with E-state index in [0.29, 0.717) is 0 Å².